The van der Waals surface area contributed by atoms with E-state index in [1.54, 1.807) is 13.8 Å². The summed E-state index contributed by atoms with van der Waals surface area (Å²) in [6.45, 7) is 5.02. The van der Waals surface area contributed by atoms with Crippen molar-refractivity contribution in [2.75, 3.05) is 0 Å². The van der Waals surface area contributed by atoms with Crippen LogP contribution in [0.3, 0.4) is 0 Å². The van der Waals surface area contributed by atoms with E-state index >= 15 is 0 Å². The molecule has 0 bridgehead atoms. The summed E-state index contributed by atoms with van der Waals surface area (Å²) in [5, 5.41) is -1.16. The third kappa shape index (κ3) is 5.62. The fourth-order valence-electron chi connectivity index (χ4n) is 4.75. The Morgan fingerprint density at radius 3 is 1.49 bits per heavy atom. The Morgan fingerprint density at radius 1 is 0.744 bits per heavy atom. The molecule has 0 aliphatic heterocycles. The zero-order valence-electron chi connectivity index (χ0n) is 22.1. The maximum absolute atomic E-state index is 14.0. The molecule has 10 nitrogen and oxygen atoms in total. The van der Waals surface area contributed by atoms with Gasteiger partial charge < -0.3 is 5.53 Å². The number of rotatable bonds is 7. The Hall–Kier alpha value is -2.38. The molecule has 0 amide bonds. The van der Waals surface area contributed by atoms with Gasteiger partial charge in [-0.05, 0) is 64.8 Å². The number of benzene rings is 2. The Kier molecular flexibility index (Phi) is 8.70. The minimum absolute atomic E-state index is 0.129. The minimum Gasteiger partial charge on any atom is -0.359 e. The van der Waals surface area contributed by atoms with E-state index in [0.717, 1.165) is 44.5 Å². The molecule has 2 aromatic carbocycles. The van der Waals surface area contributed by atoms with Crippen LogP contribution in [0.1, 0.15) is 57.1 Å². The molecule has 39 heavy (non-hydrogen) atoms. The summed E-state index contributed by atoms with van der Waals surface area (Å²) in [6.07, 6.45) is 2.03. The molecule has 0 radical (unpaired) electrons. The zero-order chi connectivity index (χ0) is 29.4. The summed E-state index contributed by atoms with van der Waals surface area (Å²) in [7, 11) is -20.1. The van der Waals surface area contributed by atoms with Gasteiger partial charge in [-0.15, -0.1) is 4.79 Å². The predicted molar refractivity (Wildman–Crippen MR) is 148 cm³/mol. The summed E-state index contributed by atoms with van der Waals surface area (Å²) in [6, 6.07) is 10.3. The Morgan fingerprint density at radius 2 is 1.13 bits per heavy atom. The fraction of sp³-hybridized carbons (Fsp3) is 0.480. The van der Waals surface area contributed by atoms with Gasteiger partial charge in [-0.25, -0.2) is 33.7 Å². The number of aryl methyl sites for hydroxylation is 2. The van der Waals surface area contributed by atoms with Gasteiger partial charge in [-0.1, -0.05) is 54.7 Å². The van der Waals surface area contributed by atoms with Crippen molar-refractivity contribution in [3.8, 4) is 0 Å². The van der Waals surface area contributed by atoms with E-state index in [-0.39, 0.29) is 12.8 Å². The number of sulfone groups is 4. The molecular weight excluding hydrogens is 585 g/mol. The van der Waals surface area contributed by atoms with Crippen LogP contribution in [0, 0.1) is 13.8 Å². The minimum atomic E-state index is -5.40. The lowest BCUT2D eigenvalue weighted by Gasteiger charge is -2.32. The van der Waals surface area contributed by atoms with Crippen LogP contribution in [0.2, 0.25) is 0 Å². The zero-order valence-corrected chi connectivity index (χ0v) is 25.4. The molecule has 0 atom stereocenters. The van der Waals surface area contributed by atoms with Crippen molar-refractivity contribution in [2.45, 2.75) is 84.2 Å². The highest BCUT2D eigenvalue weighted by Crippen LogP contribution is 2.39. The monoisotopic (exact) mass is 616 g/mol. The largest absolute Gasteiger partial charge is 0.495 e. The third-order valence-electron chi connectivity index (χ3n) is 7.07. The smallest absolute Gasteiger partial charge is 0.359 e. The highest BCUT2D eigenvalue weighted by Gasteiger charge is 2.63. The molecule has 3 rings (SSSR count). The van der Waals surface area contributed by atoms with Gasteiger partial charge in [-0.3, -0.25) is 0 Å². The molecule has 0 N–H and O–H groups in total. The van der Waals surface area contributed by atoms with Crippen molar-refractivity contribution in [1.29, 1.82) is 0 Å². The second-order valence-corrected chi connectivity index (χ2v) is 19.5. The molecule has 1 fully saturated rings. The van der Waals surface area contributed by atoms with Gasteiger partial charge in [0.05, 0.1) is 15.0 Å². The second kappa shape index (κ2) is 10.9. The predicted octanol–water partition coefficient (Wildman–Crippen LogP) is 3.40. The molecule has 14 heteroatoms. The average Bonchev–Trinajstić information content (AvgIpc) is 2.84. The van der Waals surface area contributed by atoms with Crippen LogP contribution in [-0.2, 0) is 39.3 Å². The van der Waals surface area contributed by atoms with Gasteiger partial charge in [0.2, 0.25) is 0 Å². The van der Waals surface area contributed by atoms with E-state index in [9.17, 15) is 39.2 Å². The SMILES string of the molecule is Cc1ccc(S(=O)(=O)C(C(C)(C)S(=O)(=O)C(=[N+]=[N-])S(=O)(=O)C2CCCCC2)S(=O)(=O)c2ccc(C)cc2)cc1. The molecule has 2 aromatic rings. The van der Waals surface area contributed by atoms with E-state index < -0.39 is 68.1 Å². The Balaban J connectivity index is 2.32. The Bertz CT molecular complexity index is 1640. The summed E-state index contributed by atoms with van der Waals surface area (Å²) < 4.78 is 104. The molecular formula is C25H32N2O8S4. The second-order valence-electron chi connectivity index (χ2n) is 10.3. The summed E-state index contributed by atoms with van der Waals surface area (Å²) in [5.41, 5.74) is 11.1. The first-order valence-electron chi connectivity index (χ1n) is 12.2. The quantitative estimate of drug-likeness (QED) is 0.197. The van der Waals surface area contributed by atoms with Gasteiger partial charge in [0, 0.05) is 0 Å². The number of hydrogen-bond donors (Lipinski definition) is 0. The van der Waals surface area contributed by atoms with Gasteiger partial charge in [0.25, 0.3) is 19.7 Å². The highest BCUT2D eigenvalue weighted by molar-refractivity contribution is 8.32. The molecule has 0 aromatic heterocycles. The molecule has 0 heterocycles. The first kappa shape index (κ1) is 31.2. The molecule has 0 unspecified atom stereocenters. The van der Waals surface area contributed by atoms with Crippen LogP contribution in [0.15, 0.2) is 58.3 Å². The van der Waals surface area contributed by atoms with E-state index in [4.69, 9.17) is 0 Å². The van der Waals surface area contributed by atoms with Crippen LogP contribution >= 0.6 is 0 Å². The first-order valence-corrected chi connectivity index (χ1v) is 18.4. The number of hydrogen-bond acceptors (Lipinski definition) is 8. The van der Waals surface area contributed by atoms with Crippen molar-refractivity contribution in [1.82, 2.24) is 0 Å². The molecule has 1 aliphatic carbocycles. The van der Waals surface area contributed by atoms with E-state index in [0.29, 0.717) is 24.0 Å². The third-order valence-corrected chi connectivity index (χ3v) is 18.5. The Labute approximate surface area is 230 Å². The molecule has 0 saturated heterocycles. The molecule has 214 valence electrons. The van der Waals surface area contributed by atoms with Crippen molar-refractivity contribution in [3.05, 3.63) is 65.2 Å². The average molecular weight is 617 g/mol. The van der Waals surface area contributed by atoms with E-state index in [1.165, 1.54) is 24.3 Å². The lowest BCUT2D eigenvalue weighted by Crippen LogP contribution is -2.56. The van der Waals surface area contributed by atoms with Gasteiger partial charge in [0.15, 0.2) is 24.3 Å². The van der Waals surface area contributed by atoms with Crippen molar-refractivity contribution >= 4 is 43.7 Å². The maximum Gasteiger partial charge on any atom is 0.495 e. The van der Waals surface area contributed by atoms with Crippen molar-refractivity contribution < 1.29 is 38.5 Å². The van der Waals surface area contributed by atoms with Gasteiger partial charge in [0.1, 0.15) is 4.75 Å². The summed E-state index contributed by atoms with van der Waals surface area (Å²) >= 11 is 0. The van der Waals surface area contributed by atoms with Gasteiger partial charge >= 0.3 is 4.38 Å². The fourth-order valence-corrected chi connectivity index (χ4v) is 15.7. The molecule has 1 saturated carbocycles. The van der Waals surface area contributed by atoms with Crippen LogP contribution in [-0.4, -0.2) is 57.4 Å². The summed E-state index contributed by atoms with van der Waals surface area (Å²) in [5.74, 6) is 0. The lowest BCUT2D eigenvalue weighted by atomic mass is 10.0. The standard InChI is InChI=1S/C25H32N2O8S4/c1-18-10-14-21(15-11-18)36(28,29)23(37(30,31)22-16-12-19(2)13-17-22)25(3,4)39(34,35)24(27-26)38(32,33)20-8-6-5-7-9-20/h10-17,20,23H,5-9H2,1-4H3. The van der Waals surface area contributed by atoms with Crippen LogP contribution < -0.4 is 0 Å². The topological polar surface area (TPSA) is 173 Å². The van der Waals surface area contributed by atoms with Crippen molar-refractivity contribution in [2.24, 2.45) is 0 Å². The lowest BCUT2D eigenvalue weighted by molar-refractivity contribution is 0.00356. The van der Waals surface area contributed by atoms with E-state index in [2.05, 4.69) is 4.79 Å². The number of nitrogens with zero attached hydrogens (tertiary/aromatic N) is 2. The maximum atomic E-state index is 14.0. The van der Waals surface area contributed by atoms with Crippen LogP contribution in [0.5, 0.6) is 0 Å². The molecule has 1 aliphatic rings. The van der Waals surface area contributed by atoms with Crippen LogP contribution in [0.4, 0.5) is 0 Å². The van der Waals surface area contributed by atoms with Crippen molar-refractivity contribution in [3.63, 3.8) is 0 Å². The highest BCUT2D eigenvalue weighted by atomic mass is 32.3. The van der Waals surface area contributed by atoms with Crippen LogP contribution in [0.25, 0.3) is 5.53 Å². The molecule has 0 spiro atoms. The first-order chi connectivity index (χ1) is 17.9. The normalized spacial score (nSPS) is 16.1. The van der Waals surface area contributed by atoms with Gasteiger partial charge in [-0.2, -0.15) is 0 Å². The van der Waals surface area contributed by atoms with E-state index in [1.807, 2.05) is 0 Å². The summed E-state index contributed by atoms with van der Waals surface area (Å²) in [4.78, 5) is 1.71.